The Kier molecular flexibility index (Phi) is 3.49. The third-order valence-electron chi connectivity index (χ3n) is 3.44. The van der Waals surface area contributed by atoms with E-state index in [1.165, 1.54) is 0 Å². The Bertz CT molecular complexity index is 497. The summed E-state index contributed by atoms with van der Waals surface area (Å²) in [6.07, 6.45) is 0.607. The number of anilines is 1. The average Bonchev–Trinajstić information content (AvgIpc) is 2.68. The van der Waals surface area contributed by atoms with Crippen molar-refractivity contribution in [2.75, 3.05) is 18.8 Å². The zero-order chi connectivity index (χ0) is 14.2. The summed E-state index contributed by atoms with van der Waals surface area (Å²) in [6.45, 7) is 6.71. The van der Waals surface area contributed by atoms with E-state index in [0.29, 0.717) is 30.9 Å². The summed E-state index contributed by atoms with van der Waals surface area (Å²) in [7, 11) is 0. The first-order valence-corrected chi connectivity index (χ1v) is 6.57. The van der Waals surface area contributed by atoms with Crippen molar-refractivity contribution in [2.24, 2.45) is 0 Å². The Morgan fingerprint density at radius 2 is 2.21 bits per heavy atom. The summed E-state index contributed by atoms with van der Waals surface area (Å²) in [5.41, 5.74) is 6.34. The van der Waals surface area contributed by atoms with Crippen LogP contribution in [0, 0.1) is 0 Å². The molecule has 1 saturated heterocycles. The van der Waals surface area contributed by atoms with Crippen molar-refractivity contribution in [1.82, 2.24) is 9.88 Å². The number of amides is 1. The highest BCUT2D eigenvalue weighted by atomic mass is 16.3. The van der Waals surface area contributed by atoms with E-state index in [1.807, 2.05) is 13.8 Å². The molecule has 1 amide bonds. The minimum absolute atomic E-state index is 0.0891. The maximum absolute atomic E-state index is 12.4. The van der Waals surface area contributed by atoms with Crippen LogP contribution in [0.5, 0.6) is 0 Å². The van der Waals surface area contributed by atoms with E-state index in [0.717, 1.165) is 5.69 Å². The molecule has 1 aliphatic heterocycles. The molecule has 0 aliphatic carbocycles. The number of β-amino-alcohol motifs (C(OH)–C–C–N with tert-alkyl or cyclic N) is 1. The molecule has 0 spiro atoms. The average molecular weight is 263 g/mol. The molecule has 0 radical (unpaired) electrons. The number of pyridine rings is 1. The summed E-state index contributed by atoms with van der Waals surface area (Å²) in [4.78, 5) is 18.3. The number of likely N-dealkylation sites (tertiary alicyclic amines) is 1. The maximum Gasteiger partial charge on any atom is 0.254 e. The number of aliphatic hydroxyl groups is 1. The molecule has 104 valence electrons. The number of hydrogen-bond donors (Lipinski definition) is 2. The quantitative estimate of drug-likeness (QED) is 0.845. The van der Waals surface area contributed by atoms with Crippen LogP contribution in [0.15, 0.2) is 12.1 Å². The van der Waals surface area contributed by atoms with Crippen molar-refractivity contribution >= 4 is 11.7 Å². The van der Waals surface area contributed by atoms with Gasteiger partial charge in [-0.25, -0.2) is 4.98 Å². The molecule has 1 fully saturated rings. The van der Waals surface area contributed by atoms with Gasteiger partial charge in [-0.3, -0.25) is 4.79 Å². The fraction of sp³-hybridized carbons (Fsp3) is 0.571. The van der Waals surface area contributed by atoms with Gasteiger partial charge in [0.2, 0.25) is 0 Å². The lowest BCUT2D eigenvalue weighted by atomic mass is 10.1. The molecule has 1 aliphatic rings. The Hall–Kier alpha value is -1.62. The monoisotopic (exact) mass is 263 g/mol. The first-order valence-electron chi connectivity index (χ1n) is 6.57. The maximum atomic E-state index is 12.4. The second-order valence-electron chi connectivity index (χ2n) is 5.83. The van der Waals surface area contributed by atoms with Gasteiger partial charge in [-0.1, -0.05) is 13.8 Å². The molecule has 1 aromatic rings. The smallest absolute Gasteiger partial charge is 0.254 e. The SMILES string of the molecule is CC(C)c1cc(C(=O)N2CCC(C)(O)C2)cc(N)n1. The molecular weight excluding hydrogens is 242 g/mol. The molecule has 0 saturated carbocycles. The van der Waals surface area contributed by atoms with E-state index in [9.17, 15) is 9.90 Å². The third kappa shape index (κ3) is 3.04. The molecule has 5 nitrogen and oxygen atoms in total. The van der Waals surface area contributed by atoms with Crippen LogP contribution in [0.2, 0.25) is 0 Å². The van der Waals surface area contributed by atoms with E-state index in [-0.39, 0.29) is 11.8 Å². The fourth-order valence-corrected chi connectivity index (χ4v) is 2.29. The van der Waals surface area contributed by atoms with Crippen LogP contribution >= 0.6 is 0 Å². The van der Waals surface area contributed by atoms with Gasteiger partial charge in [-0.05, 0) is 31.4 Å². The molecule has 1 unspecified atom stereocenters. The number of aromatic nitrogens is 1. The van der Waals surface area contributed by atoms with Crippen LogP contribution in [0.4, 0.5) is 5.82 Å². The lowest BCUT2D eigenvalue weighted by Gasteiger charge is -2.19. The second-order valence-corrected chi connectivity index (χ2v) is 5.83. The van der Waals surface area contributed by atoms with Crippen molar-refractivity contribution < 1.29 is 9.90 Å². The molecule has 0 aromatic carbocycles. The number of nitrogens with zero attached hydrogens (tertiary/aromatic N) is 2. The van der Waals surface area contributed by atoms with Crippen LogP contribution in [-0.4, -0.2) is 39.6 Å². The van der Waals surface area contributed by atoms with Crippen LogP contribution in [0.1, 0.15) is 49.2 Å². The first kappa shape index (κ1) is 13.8. The molecule has 3 N–H and O–H groups in total. The zero-order valence-electron chi connectivity index (χ0n) is 11.7. The van der Waals surface area contributed by atoms with Gasteiger partial charge in [0.25, 0.3) is 5.91 Å². The lowest BCUT2D eigenvalue weighted by Crippen LogP contribution is -2.34. The molecule has 0 bridgehead atoms. The topological polar surface area (TPSA) is 79.5 Å². The molecule has 19 heavy (non-hydrogen) atoms. The van der Waals surface area contributed by atoms with Gasteiger partial charge in [0.05, 0.1) is 5.60 Å². The number of hydrogen-bond acceptors (Lipinski definition) is 4. The normalized spacial score (nSPS) is 23.1. The largest absolute Gasteiger partial charge is 0.388 e. The minimum Gasteiger partial charge on any atom is -0.388 e. The second kappa shape index (κ2) is 4.81. The van der Waals surface area contributed by atoms with E-state index in [1.54, 1.807) is 24.0 Å². The van der Waals surface area contributed by atoms with Crippen LogP contribution in [-0.2, 0) is 0 Å². The zero-order valence-corrected chi connectivity index (χ0v) is 11.7. The van der Waals surface area contributed by atoms with Crippen LogP contribution < -0.4 is 5.73 Å². The van der Waals surface area contributed by atoms with Gasteiger partial charge >= 0.3 is 0 Å². The minimum atomic E-state index is -0.783. The molecule has 2 rings (SSSR count). The van der Waals surface area contributed by atoms with Gasteiger partial charge in [0, 0.05) is 24.3 Å². The van der Waals surface area contributed by atoms with Crippen LogP contribution in [0.3, 0.4) is 0 Å². The third-order valence-corrected chi connectivity index (χ3v) is 3.44. The predicted octanol–water partition coefficient (Wildman–Crippen LogP) is 1.38. The van der Waals surface area contributed by atoms with Crippen molar-refractivity contribution in [1.29, 1.82) is 0 Å². The number of nitrogen functional groups attached to an aromatic ring is 1. The van der Waals surface area contributed by atoms with E-state index < -0.39 is 5.60 Å². The Balaban J connectivity index is 2.24. The predicted molar refractivity (Wildman–Crippen MR) is 73.9 cm³/mol. The summed E-state index contributed by atoms with van der Waals surface area (Å²) in [6, 6.07) is 3.39. The van der Waals surface area contributed by atoms with Crippen molar-refractivity contribution in [2.45, 2.75) is 38.7 Å². The molecule has 1 aromatic heterocycles. The van der Waals surface area contributed by atoms with Gasteiger partial charge in [-0.15, -0.1) is 0 Å². The number of carbonyl (C=O) groups is 1. The number of rotatable bonds is 2. The van der Waals surface area contributed by atoms with E-state index in [2.05, 4.69) is 4.98 Å². The van der Waals surface area contributed by atoms with E-state index in [4.69, 9.17) is 5.73 Å². The van der Waals surface area contributed by atoms with Gasteiger partial charge in [0.15, 0.2) is 0 Å². The van der Waals surface area contributed by atoms with E-state index >= 15 is 0 Å². The summed E-state index contributed by atoms with van der Waals surface area (Å²) in [5, 5.41) is 9.93. The van der Waals surface area contributed by atoms with Gasteiger partial charge in [0.1, 0.15) is 5.82 Å². The molecular formula is C14H21N3O2. The van der Waals surface area contributed by atoms with Gasteiger partial charge < -0.3 is 15.7 Å². The summed E-state index contributed by atoms with van der Waals surface area (Å²) in [5.74, 6) is 0.492. The highest BCUT2D eigenvalue weighted by molar-refractivity contribution is 5.95. The summed E-state index contributed by atoms with van der Waals surface area (Å²) < 4.78 is 0. The van der Waals surface area contributed by atoms with Crippen molar-refractivity contribution in [3.8, 4) is 0 Å². The highest BCUT2D eigenvalue weighted by Crippen LogP contribution is 2.23. The standard InChI is InChI=1S/C14H21N3O2/c1-9(2)11-6-10(7-12(15)16-11)13(18)17-5-4-14(3,19)8-17/h6-7,9,19H,4-5,8H2,1-3H3,(H2,15,16). The summed E-state index contributed by atoms with van der Waals surface area (Å²) >= 11 is 0. The Morgan fingerprint density at radius 1 is 1.53 bits per heavy atom. The van der Waals surface area contributed by atoms with Gasteiger partial charge in [-0.2, -0.15) is 0 Å². The fourth-order valence-electron chi connectivity index (χ4n) is 2.29. The van der Waals surface area contributed by atoms with Crippen LogP contribution in [0.25, 0.3) is 0 Å². The number of carbonyl (C=O) groups excluding carboxylic acids is 1. The van der Waals surface area contributed by atoms with Crippen molar-refractivity contribution in [3.63, 3.8) is 0 Å². The van der Waals surface area contributed by atoms with Crippen molar-refractivity contribution in [3.05, 3.63) is 23.4 Å². The first-order chi connectivity index (χ1) is 8.78. The molecule has 1 atom stereocenters. The Labute approximate surface area is 113 Å². The highest BCUT2D eigenvalue weighted by Gasteiger charge is 2.34. The molecule has 2 heterocycles. The Morgan fingerprint density at radius 3 is 2.74 bits per heavy atom. The lowest BCUT2D eigenvalue weighted by molar-refractivity contribution is 0.0572. The number of nitrogens with two attached hydrogens (primary N) is 1. The molecule has 5 heteroatoms.